The summed E-state index contributed by atoms with van der Waals surface area (Å²) in [6.45, 7) is 6.17. The summed E-state index contributed by atoms with van der Waals surface area (Å²) in [4.78, 5) is 9.78. The molecule has 0 fully saturated rings. The van der Waals surface area contributed by atoms with Crippen LogP contribution < -0.4 is 0 Å². The molecule has 2 aromatic carbocycles. The summed E-state index contributed by atoms with van der Waals surface area (Å²) in [5, 5.41) is 10.5. The lowest BCUT2D eigenvalue weighted by Gasteiger charge is -2.23. The van der Waals surface area contributed by atoms with E-state index in [1.165, 1.54) is 39.8 Å². The van der Waals surface area contributed by atoms with Crippen LogP contribution in [0.15, 0.2) is 48.5 Å². The lowest BCUT2D eigenvalue weighted by atomic mass is 9.82. The van der Waals surface area contributed by atoms with Crippen LogP contribution in [0.25, 0.3) is 0 Å². The SMILES string of the molecule is CCC(C)(C)c1ccc(I)cc1.O=[N+]([O-])c1ccccc1COS(=O)(=O)[O-]. The number of nitro benzene ring substituents is 1. The lowest BCUT2D eigenvalue weighted by Crippen LogP contribution is -2.14. The van der Waals surface area contributed by atoms with Gasteiger partial charge >= 0.3 is 0 Å². The maximum absolute atomic E-state index is 10.5. The third-order valence-corrected chi connectivity index (χ3v) is 5.18. The molecule has 0 spiro atoms. The van der Waals surface area contributed by atoms with Crippen molar-refractivity contribution >= 4 is 38.7 Å². The molecule has 0 radical (unpaired) electrons. The fourth-order valence-corrected chi connectivity index (χ4v) is 2.68. The first-order valence-corrected chi connectivity index (χ1v) is 10.5. The van der Waals surface area contributed by atoms with Crippen LogP contribution in [0.5, 0.6) is 0 Å². The third kappa shape index (κ3) is 8.33. The molecule has 2 aromatic rings. The van der Waals surface area contributed by atoms with E-state index in [1.54, 1.807) is 0 Å². The fraction of sp³-hybridized carbons (Fsp3) is 0.333. The maximum atomic E-state index is 10.5. The standard InChI is InChI=1S/C11H15I.C7H7NO6S/c1-4-11(2,3)9-5-7-10(12)8-6-9;9-8(10)7-4-2-1-3-6(7)5-14-15(11,12)13/h5-8H,4H2,1-3H3;1-4H,5H2,(H,11,12,13)/p-1. The van der Waals surface area contributed by atoms with E-state index in [4.69, 9.17) is 0 Å². The Labute approximate surface area is 173 Å². The highest BCUT2D eigenvalue weighted by atomic mass is 127. The van der Waals surface area contributed by atoms with Gasteiger partial charge in [-0.05, 0) is 58.2 Å². The van der Waals surface area contributed by atoms with Gasteiger partial charge in [-0.3, -0.25) is 14.3 Å². The Kier molecular flexibility index (Phi) is 8.79. The van der Waals surface area contributed by atoms with Crippen LogP contribution in [0, 0.1) is 13.7 Å². The summed E-state index contributed by atoms with van der Waals surface area (Å²) in [5.74, 6) is 0. The molecule has 0 aliphatic rings. The zero-order valence-electron chi connectivity index (χ0n) is 15.2. The van der Waals surface area contributed by atoms with Crippen molar-refractivity contribution in [2.45, 2.75) is 39.2 Å². The molecule has 0 saturated carbocycles. The number of para-hydroxylation sites is 1. The normalized spacial score (nSPS) is 11.4. The average Bonchev–Trinajstić information content (AvgIpc) is 2.60. The molecule has 148 valence electrons. The first kappa shape index (κ1) is 23.5. The second-order valence-electron chi connectivity index (χ2n) is 6.30. The van der Waals surface area contributed by atoms with Gasteiger partial charge in [0.2, 0.25) is 10.4 Å². The number of nitro groups is 1. The predicted molar refractivity (Wildman–Crippen MR) is 110 cm³/mol. The van der Waals surface area contributed by atoms with Crippen molar-refractivity contribution in [3.63, 3.8) is 0 Å². The van der Waals surface area contributed by atoms with E-state index >= 15 is 0 Å². The fourth-order valence-electron chi connectivity index (χ4n) is 2.05. The van der Waals surface area contributed by atoms with Crippen LogP contribution in [-0.4, -0.2) is 17.9 Å². The zero-order valence-corrected chi connectivity index (χ0v) is 18.2. The van der Waals surface area contributed by atoms with Gasteiger partial charge in [0, 0.05) is 9.64 Å². The Morgan fingerprint density at radius 3 is 2.15 bits per heavy atom. The number of rotatable bonds is 6. The second-order valence-corrected chi connectivity index (χ2v) is 8.60. The number of hydrogen-bond acceptors (Lipinski definition) is 6. The summed E-state index contributed by atoms with van der Waals surface area (Å²) in [5.41, 5.74) is 1.50. The van der Waals surface area contributed by atoms with Gasteiger partial charge in [0.05, 0.1) is 17.1 Å². The quantitative estimate of drug-likeness (QED) is 0.187. The van der Waals surface area contributed by atoms with Crippen LogP contribution in [0.2, 0.25) is 0 Å². The topological polar surface area (TPSA) is 110 Å². The number of benzene rings is 2. The Bertz CT molecular complexity index is 866. The summed E-state index contributed by atoms with van der Waals surface area (Å²) in [7, 11) is -4.84. The van der Waals surface area contributed by atoms with Crippen LogP contribution >= 0.6 is 22.6 Å². The van der Waals surface area contributed by atoms with E-state index in [0.717, 1.165) is 0 Å². The molecule has 0 aliphatic heterocycles. The number of halogens is 1. The summed E-state index contributed by atoms with van der Waals surface area (Å²) in [6.07, 6.45) is 1.19. The van der Waals surface area contributed by atoms with Crippen LogP contribution in [0.4, 0.5) is 5.69 Å². The van der Waals surface area contributed by atoms with E-state index in [0.29, 0.717) is 5.41 Å². The minimum atomic E-state index is -4.84. The summed E-state index contributed by atoms with van der Waals surface area (Å²) >= 11 is 2.34. The molecule has 0 amide bonds. The van der Waals surface area contributed by atoms with Crippen LogP contribution in [-0.2, 0) is 26.6 Å². The van der Waals surface area contributed by atoms with Crippen molar-refractivity contribution in [2.75, 3.05) is 0 Å². The van der Waals surface area contributed by atoms with E-state index in [-0.39, 0.29) is 11.3 Å². The molecule has 0 aromatic heterocycles. The van der Waals surface area contributed by atoms with Gasteiger partial charge in [0.1, 0.15) is 0 Å². The molecule has 0 bridgehead atoms. The molecular formula is C18H21INO6S-. The van der Waals surface area contributed by atoms with Gasteiger partial charge in [-0.2, -0.15) is 0 Å². The van der Waals surface area contributed by atoms with Crippen molar-refractivity contribution < 1.29 is 22.1 Å². The van der Waals surface area contributed by atoms with Gasteiger partial charge in [0.15, 0.2) is 0 Å². The van der Waals surface area contributed by atoms with Crippen LogP contribution in [0.3, 0.4) is 0 Å². The maximum Gasteiger partial charge on any atom is 0.274 e. The Morgan fingerprint density at radius 2 is 1.67 bits per heavy atom. The van der Waals surface area contributed by atoms with Gasteiger partial charge in [0.25, 0.3) is 5.69 Å². The highest BCUT2D eigenvalue weighted by Gasteiger charge is 2.17. The average molecular weight is 506 g/mol. The van der Waals surface area contributed by atoms with Gasteiger partial charge in [-0.15, -0.1) is 0 Å². The first-order valence-electron chi connectivity index (χ1n) is 8.05. The first-order chi connectivity index (χ1) is 12.5. The highest BCUT2D eigenvalue weighted by molar-refractivity contribution is 14.1. The molecule has 7 nitrogen and oxygen atoms in total. The van der Waals surface area contributed by atoms with Crippen LogP contribution in [0.1, 0.15) is 38.3 Å². The van der Waals surface area contributed by atoms with Crippen molar-refractivity contribution in [2.24, 2.45) is 0 Å². The molecule has 0 heterocycles. The number of nitrogens with zero attached hydrogens (tertiary/aromatic N) is 1. The van der Waals surface area contributed by atoms with Crippen molar-refractivity contribution in [3.8, 4) is 0 Å². The monoisotopic (exact) mass is 506 g/mol. The summed E-state index contributed by atoms with van der Waals surface area (Å²) in [6, 6.07) is 14.2. The number of hydrogen-bond donors (Lipinski definition) is 0. The molecule has 0 atom stereocenters. The van der Waals surface area contributed by atoms with Crippen molar-refractivity contribution in [3.05, 3.63) is 73.3 Å². The molecule has 0 N–H and O–H groups in total. The lowest BCUT2D eigenvalue weighted by molar-refractivity contribution is -0.385. The third-order valence-electron chi connectivity index (χ3n) is 4.06. The Morgan fingerprint density at radius 1 is 1.11 bits per heavy atom. The van der Waals surface area contributed by atoms with E-state index < -0.39 is 21.9 Å². The summed E-state index contributed by atoms with van der Waals surface area (Å²) < 4.78 is 35.6. The minimum Gasteiger partial charge on any atom is -0.726 e. The molecule has 2 rings (SSSR count). The minimum absolute atomic E-state index is 0.0296. The van der Waals surface area contributed by atoms with Crippen molar-refractivity contribution in [1.82, 2.24) is 0 Å². The Balaban J connectivity index is 0.000000277. The van der Waals surface area contributed by atoms with E-state index in [9.17, 15) is 23.1 Å². The molecule has 0 unspecified atom stereocenters. The zero-order chi connectivity index (χ0) is 20.7. The van der Waals surface area contributed by atoms with E-state index in [2.05, 4.69) is 71.8 Å². The van der Waals surface area contributed by atoms with Crippen molar-refractivity contribution in [1.29, 1.82) is 0 Å². The Hall–Kier alpha value is -1.56. The van der Waals surface area contributed by atoms with Gasteiger partial charge in [-0.25, -0.2) is 8.42 Å². The van der Waals surface area contributed by atoms with Gasteiger partial charge in [-0.1, -0.05) is 45.0 Å². The predicted octanol–water partition coefficient (Wildman–Crippen LogP) is 4.55. The molecule has 27 heavy (non-hydrogen) atoms. The molecule has 0 aliphatic carbocycles. The largest absolute Gasteiger partial charge is 0.726 e. The highest BCUT2D eigenvalue weighted by Crippen LogP contribution is 2.26. The molecular weight excluding hydrogens is 485 g/mol. The molecule has 9 heteroatoms. The van der Waals surface area contributed by atoms with E-state index in [1.807, 2.05) is 0 Å². The van der Waals surface area contributed by atoms with Gasteiger partial charge < -0.3 is 4.55 Å². The molecule has 0 saturated heterocycles. The second kappa shape index (κ2) is 10.1. The smallest absolute Gasteiger partial charge is 0.274 e.